The first-order valence-electron chi connectivity index (χ1n) is 6.61. The Bertz CT molecular complexity index is 382. The van der Waals surface area contributed by atoms with Crippen LogP contribution in [0.4, 0.5) is 0 Å². The molecule has 0 unspecified atom stereocenters. The molecule has 0 spiro atoms. The van der Waals surface area contributed by atoms with Crippen molar-refractivity contribution in [1.29, 1.82) is 0 Å². The van der Waals surface area contributed by atoms with E-state index < -0.39 is 5.54 Å². The van der Waals surface area contributed by atoms with E-state index in [-0.39, 0.29) is 12.5 Å². The summed E-state index contributed by atoms with van der Waals surface area (Å²) in [6.07, 6.45) is 8.67. The summed E-state index contributed by atoms with van der Waals surface area (Å²) in [7, 11) is 0. The molecule has 0 aromatic carbocycles. The van der Waals surface area contributed by atoms with Gasteiger partial charge in [-0.3, -0.25) is 4.79 Å². The highest BCUT2D eigenvalue weighted by Crippen LogP contribution is 2.32. The molecule has 1 atom stereocenters. The summed E-state index contributed by atoms with van der Waals surface area (Å²) in [5.41, 5.74) is -0.0279. The Balaban J connectivity index is 2.05. The number of amides is 1. The predicted octanol–water partition coefficient (Wildman–Crippen LogP) is 2.34. The van der Waals surface area contributed by atoms with E-state index in [1.54, 1.807) is 6.07 Å². The lowest BCUT2D eigenvalue weighted by molar-refractivity contribution is 0.0679. The monoisotopic (exact) mass is 251 g/mol. The third kappa shape index (κ3) is 2.75. The molecule has 1 aliphatic rings. The molecule has 18 heavy (non-hydrogen) atoms. The molecule has 2 N–H and O–H groups in total. The normalized spacial score (nSPS) is 20.3. The van der Waals surface area contributed by atoms with Crippen LogP contribution in [0.3, 0.4) is 0 Å². The van der Waals surface area contributed by atoms with Gasteiger partial charge in [-0.05, 0) is 31.7 Å². The molecule has 100 valence electrons. The second-order valence-corrected chi connectivity index (χ2v) is 5.38. The van der Waals surface area contributed by atoms with Gasteiger partial charge in [0.2, 0.25) is 0 Å². The van der Waals surface area contributed by atoms with E-state index >= 15 is 0 Å². The summed E-state index contributed by atoms with van der Waals surface area (Å²) < 4.78 is 4.91. The number of rotatable bonds is 4. The third-order valence-corrected chi connectivity index (χ3v) is 4.02. The van der Waals surface area contributed by atoms with E-state index in [0.29, 0.717) is 11.5 Å². The Labute approximate surface area is 107 Å². The van der Waals surface area contributed by atoms with Gasteiger partial charge in [0.05, 0.1) is 24.0 Å². The van der Waals surface area contributed by atoms with Crippen molar-refractivity contribution in [1.82, 2.24) is 5.32 Å². The van der Waals surface area contributed by atoms with Gasteiger partial charge in [-0.15, -0.1) is 0 Å². The molecule has 1 saturated carbocycles. The summed E-state index contributed by atoms with van der Waals surface area (Å²) in [5.74, 6) is 0.179. The van der Waals surface area contributed by atoms with Crippen LogP contribution in [0.15, 0.2) is 23.0 Å². The van der Waals surface area contributed by atoms with E-state index in [1.807, 2.05) is 6.92 Å². The lowest BCUT2D eigenvalue weighted by Gasteiger charge is -2.39. The summed E-state index contributed by atoms with van der Waals surface area (Å²) >= 11 is 0. The number of aliphatic hydroxyl groups excluding tert-OH is 1. The largest absolute Gasteiger partial charge is 0.472 e. The molecule has 1 aliphatic carbocycles. The van der Waals surface area contributed by atoms with E-state index in [2.05, 4.69) is 5.32 Å². The first-order valence-corrected chi connectivity index (χ1v) is 6.61. The van der Waals surface area contributed by atoms with Crippen molar-refractivity contribution in [3.05, 3.63) is 24.2 Å². The molecule has 1 amide bonds. The molecule has 0 radical (unpaired) electrons. The van der Waals surface area contributed by atoms with Crippen LogP contribution in [0.2, 0.25) is 0 Å². The van der Waals surface area contributed by atoms with Crippen molar-refractivity contribution >= 4 is 5.91 Å². The molecule has 1 aromatic heterocycles. The van der Waals surface area contributed by atoms with Gasteiger partial charge in [-0.1, -0.05) is 19.3 Å². The Morgan fingerprint density at radius 2 is 2.22 bits per heavy atom. The zero-order chi connectivity index (χ0) is 13.0. The van der Waals surface area contributed by atoms with Gasteiger partial charge in [-0.25, -0.2) is 0 Å². The number of furan rings is 1. The van der Waals surface area contributed by atoms with Crippen LogP contribution in [-0.2, 0) is 0 Å². The zero-order valence-corrected chi connectivity index (χ0v) is 10.8. The van der Waals surface area contributed by atoms with Crippen LogP contribution in [0.1, 0.15) is 49.4 Å². The molecule has 1 heterocycles. The van der Waals surface area contributed by atoms with E-state index in [0.717, 1.165) is 12.8 Å². The van der Waals surface area contributed by atoms with Crippen LogP contribution < -0.4 is 5.32 Å². The minimum absolute atomic E-state index is 0.0265. The van der Waals surface area contributed by atoms with Crippen LogP contribution in [0.25, 0.3) is 0 Å². The van der Waals surface area contributed by atoms with Gasteiger partial charge in [0, 0.05) is 0 Å². The first kappa shape index (κ1) is 13.1. The smallest absolute Gasteiger partial charge is 0.255 e. The molecule has 4 nitrogen and oxygen atoms in total. The van der Waals surface area contributed by atoms with Gasteiger partial charge >= 0.3 is 0 Å². The summed E-state index contributed by atoms with van der Waals surface area (Å²) in [4.78, 5) is 12.0. The van der Waals surface area contributed by atoms with Gasteiger partial charge in [0.1, 0.15) is 6.26 Å². The highest BCUT2D eigenvalue weighted by Gasteiger charge is 2.36. The number of aliphatic hydroxyl groups is 1. The number of nitrogens with one attached hydrogen (secondary N) is 1. The van der Waals surface area contributed by atoms with Gasteiger partial charge in [-0.2, -0.15) is 0 Å². The molecule has 1 aromatic rings. The summed E-state index contributed by atoms with van der Waals surface area (Å²) in [5, 5.41) is 12.6. The summed E-state index contributed by atoms with van der Waals surface area (Å²) in [6.45, 7) is 1.90. The Morgan fingerprint density at radius 1 is 1.50 bits per heavy atom. The Morgan fingerprint density at radius 3 is 2.78 bits per heavy atom. The molecular weight excluding hydrogens is 230 g/mol. The van der Waals surface area contributed by atoms with Crippen molar-refractivity contribution in [3.8, 4) is 0 Å². The average Bonchev–Trinajstić information content (AvgIpc) is 2.93. The average molecular weight is 251 g/mol. The van der Waals surface area contributed by atoms with Crippen LogP contribution >= 0.6 is 0 Å². The SMILES string of the molecule is C[C@@](CO)(NC(=O)c1ccoc1)C1CCCCC1. The van der Waals surface area contributed by atoms with Crippen LogP contribution in [-0.4, -0.2) is 23.2 Å². The van der Waals surface area contributed by atoms with Crippen molar-refractivity contribution in [2.45, 2.75) is 44.6 Å². The number of carbonyl (C=O) groups excluding carboxylic acids is 1. The maximum atomic E-state index is 12.0. The minimum Gasteiger partial charge on any atom is -0.472 e. The quantitative estimate of drug-likeness (QED) is 0.863. The van der Waals surface area contributed by atoms with Gasteiger partial charge in [0.15, 0.2) is 0 Å². The number of carbonyl (C=O) groups is 1. The van der Waals surface area contributed by atoms with Crippen molar-refractivity contribution in [2.75, 3.05) is 6.61 Å². The highest BCUT2D eigenvalue weighted by atomic mass is 16.3. The first-order chi connectivity index (χ1) is 8.65. The second-order valence-electron chi connectivity index (χ2n) is 5.38. The molecule has 4 heteroatoms. The van der Waals surface area contributed by atoms with Crippen molar-refractivity contribution in [3.63, 3.8) is 0 Å². The van der Waals surface area contributed by atoms with Crippen LogP contribution in [0, 0.1) is 5.92 Å². The van der Waals surface area contributed by atoms with E-state index in [1.165, 1.54) is 31.8 Å². The zero-order valence-electron chi connectivity index (χ0n) is 10.8. The minimum atomic E-state index is -0.533. The van der Waals surface area contributed by atoms with E-state index in [9.17, 15) is 9.90 Å². The molecule has 0 aliphatic heterocycles. The number of hydrogen-bond acceptors (Lipinski definition) is 3. The fourth-order valence-corrected chi connectivity index (χ4v) is 2.74. The second kappa shape index (κ2) is 5.57. The fourth-order valence-electron chi connectivity index (χ4n) is 2.74. The van der Waals surface area contributed by atoms with Crippen LogP contribution in [0.5, 0.6) is 0 Å². The molecule has 0 bridgehead atoms. The maximum absolute atomic E-state index is 12.0. The summed E-state index contributed by atoms with van der Waals surface area (Å²) in [6, 6.07) is 1.63. The van der Waals surface area contributed by atoms with E-state index in [4.69, 9.17) is 4.42 Å². The molecular formula is C14H21NO3. The Hall–Kier alpha value is -1.29. The maximum Gasteiger partial charge on any atom is 0.255 e. The predicted molar refractivity (Wildman–Crippen MR) is 68.2 cm³/mol. The lowest BCUT2D eigenvalue weighted by atomic mass is 9.76. The van der Waals surface area contributed by atoms with Crippen molar-refractivity contribution < 1.29 is 14.3 Å². The standard InChI is InChI=1S/C14H21NO3/c1-14(10-16,12-5-3-2-4-6-12)15-13(17)11-7-8-18-9-11/h7-9,12,16H,2-6,10H2,1H3,(H,15,17)/t14-/m0/s1. The fraction of sp³-hybridized carbons (Fsp3) is 0.643. The third-order valence-electron chi connectivity index (χ3n) is 4.02. The Kier molecular flexibility index (Phi) is 4.07. The number of hydrogen-bond donors (Lipinski definition) is 2. The highest BCUT2D eigenvalue weighted by molar-refractivity contribution is 5.94. The molecule has 0 saturated heterocycles. The topological polar surface area (TPSA) is 62.5 Å². The molecule has 1 fully saturated rings. The van der Waals surface area contributed by atoms with Gasteiger partial charge < -0.3 is 14.8 Å². The lowest BCUT2D eigenvalue weighted by Crippen LogP contribution is -2.54. The molecule has 2 rings (SSSR count). The van der Waals surface area contributed by atoms with Crippen molar-refractivity contribution in [2.24, 2.45) is 5.92 Å². The van der Waals surface area contributed by atoms with Gasteiger partial charge in [0.25, 0.3) is 5.91 Å².